The van der Waals surface area contributed by atoms with E-state index in [0.29, 0.717) is 21.4 Å². The average molecular weight is 559 g/mol. The predicted octanol–water partition coefficient (Wildman–Crippen LogP) is 7.87. The summed E-state index contributed by atoms with van der Waals surface area (Å²) in [5.74, 6) is 0.659. The molecule has 4 aromatic rings. The van der Waals surface area contributed by atoms with E-state index in [2.05, 4.69) is 29.6 Å². The Labute approximate surface area is 238 Å². The molecule has 0 radical (unpaired) electrons. The number of benzene rings is 3. The van der Waals surface area contributed by atoms with E-state index >= 15 is 0 Å². The number of rotatable bonds is 5. The Kier molecular flexibility index (Phi) is 7.20. The van der Waals surface area contributed by atoms with Crippen LogP contribution in [0.4, 0.5) is 0 Å². The molecule has 1 heterocycles. The molecule has 3 aromatic carbocycles. The molecule has 0 saturated carbocycles. The van der Waals surface area contributed by atoms with E-state index in [4.69, 9.17) is 33.0 Å². The normalized spacial score (nSPS) is 17.4. The minimum atomic E-state index is -0.150. The number of amides is 1. The number of nitrogens with zero attached hydrogens (tertiary/aromatic N) is 2. The van der Waals surface area contributed by atoms with Crippen molar-refractivity contribution in [2.45, 2.75) is 44.6 Å². The number of carbonyl (C=O) groups is 1. The molecule has 5 nitrogen and oxygen atoms in total. The highest BCUT2D eigenvalue weighted by molar-refractivity contribution is 6.35. The molecule has 0 saturated heterocycles. The van der Waals surface area contributed by atoms with E-state index in [9.17, 15) is 4.79 Å². The standard InChI is InChI=1S/C32H29Cl2N3O2/c1-39-24-14-10-20(11-15-24)18-22-7-3-5-9-26-30(32(38)35-28-16-12-21-6-2-4-8-25(21)28)36-37(31(22)26)29-17-13-23(33)19-27(29)34/h2,4,6,8,10-11,13-15,17-19,28H,3,5,7,9,12,16H2,1H3,(H,35,38)/b22-18+/t28-/m1/s1. The molecule has 1 aromatic heterocycles. The number of hydrogen-bond donors (Lipinski definition) is 1. The number of allylic oxidation sites excluding steroid dienone is 1. The van der Waals surface area contributed by atoms with Gasteiger partial charge in [0.25, 0.3) is 5.91 Å². The van der Waals surface area contributed by atoms with Gasteiger partial charge in [-0.3, -0.25) is 4.79 Å². The Bertz CT molecular complexity index is 1570. The zero-order valence-electron chi connectivity index (χ0n) is 21.7. The first-order chi connectivity index (χ1) is 19.0. The van der Waals surface area contributed by atoms with E-state index < -0.39 is 0 Å². The molecule has 7 heteroatoms. The van der Waals surface area contributed by atoms with Crippen LogP contribution >= 0.6 is 23.2 Å². The van der Waals surface area contributed by atoms with Crippen LogP contribution in [0, 0.1) is 0 Å². The van der Waals surface area contributed by atoms with Crippen molar-refractivity contribution in [3.05, 3.63) is 110 Å². The Hall–Kier alpha value is -3.54. The summed E-state index contributed by atoms with van der Waals surface area (Å²) in [6, 6.07) is 21.7. The van der Waals surface area contributed by atoms with Crippen molar-refractivity contribution < 1.29 is 9.53 Å². The molecule has 6 rings (SSSR count). The van der Waals surface area contributed by atoms with Gasteiger partial charge in [-0.05, 0) is 97.2 Å². The Balaban J connectivity index is 1.46. The number of carbonyl (C=O) groups excluding carboxylic acids is 1. The molecule has 0 fully saturated rings. The van der Waals surface area contributed by atoms with Crippen LogP contribution in [0.3, 0.4) is 0 Å². The molecule has 1 amide bonds. The van der Waals surface area contributed by atoms with Gasteiger partial charge in [-0.1, -0.05) is 59.6 Å². The Morgan fingerprint density at radius 2 is 1.82 bits per heavy atom. The van der Waals surface area contributed by atoms with Crippen LogP contribution in [0.25, 0.3) is 17.3 Å². The molecular formula is C32H29Cl2N3O2. The van der Waals surface area contributed by atoms with Crippen LogP contribution < -0.4 is 10.1 Å². The van der Waals surface area contributed by atoms with E-state index in [-0.39, 0.29) is 11.9 Å². The first-order valence-electron chi connectivity index (χ1n) is 13.3. The number of ether oxygens (including phenoxy) is 1. The second-order valence-corrected chi connectivity index (χ2v) is 10.9. The first-order valence-corrected chi connectivity index (χ1v) is 14.1. The van der Waals surface area contributed by atoms with Gasteiger partial charge in [0.2, 0.25) is 0 Å². The number of nitrogens with one attached hydrogen (secondary N) is 1. The average Bonchev–Trinajstić information content (AvgIpc) is 3.46. The van der Waals surface area contributed by atoms with E-state index in [1.54, 1.807) is 19.2 Å². The zero-order valence-corrected chi connectivity index (χ0v) is 23.2. The minimum Gasteiger partial charge on any atom is -0.497 e. The van der Waals surface area contributed by atoms with Crippen LogP contribution in [-0.4, -0.2) is 22.8 Å². The van der Waals surface area contributed by atoms with Crippen LogP contribution in [-0.2, 0) is 12.8 Å². The maximum atomic E-state index is 13.8. The van der Waals surface area contributed by atoms with Gasteiger partial charge in [-0.2, -0.15) is 5.10 Å². The summed E-state index contributed by atoms with van der Waals surface area (Å²) in [6.45, 7) is 0. The van der Waals surface area contributed by atoms with Crippen LogP contribution in [0.2, 0.25) is 10.0 Å². The molecule has 0 unspecified atom stereocenters. The van der Waals surface area contributed by atoms with Crippen LogP contribution in [0.15, 0.2) is 66.7 Å². The smallest absolute Gasteiger partial charge is 0.272 e. The topological polar surface area (TPSA) is 56.1 Å². The van der Waals surface area contributed by atoms with Gasteiger partial charge in [-0.25, -0.2) is 4.68 Å². The first kappa shape index (κ1) is 25.7. The van der Waals surface area contributed by atoms with E-state index in [0.717, 1.165) is 66.7 Å². The third kappa shape index (κ3) is 5.09. The molecular weight excluding hydrogens is 529 g/mol. The maximum Gasteiger partial charge on any atom is 0.272 e. The highest BCUT2D eigenvalue weighted by atomic mass is 35.5. The Morgan fingerprint density at radius 3 is 2.62 bits per heavy atom. The minimum absolute atomic E-state index is 0.0197. The summed E-state index contributed by atoms with van der Waals surface area (Å²) in [6.07, 6.45) is 7.65. The van der Waals surface area contributed by atoms with E-state index in [1.807, 2.05) is 41.1 Å². The largest absolute Gasteiger partial charge is 0.497 e. The monoisotopic (exact) mass is 557 g/mol. The summed E-state index contributed by atoms with van der Waals surface area (Å²) in [5, 5.41) is 9.25. The molecule has 1 N–H and O–H groups in total. The number of halogens is 2. The lowest BCUT2D eigenvalue weighted by molar-refractivity contribution is 0.0930. The van der Waals surface area contributed by atoms with Gasteiger partial charge in [0.15, 0.2) is 5.69 Å². The highest BCUT2D eigenvalue weighted by Crippen LogP contribution is 2.38. The third-order valence-corrected chi connectivity index (χ3v) is 8.20. The maximum absolute atomic E-state index is 13.8. The summed E-state index contributed by atoms with van der Waals surface area (Å²) >= 11 is 12.9. The van der Waals surface area contributed by atoms with E-state index in [1.165, 1.54) is 11.1 Å². The summed E-state index contributed by atoms with van der Waals surface area (Å²) in [4.78, 5) is 13.8. The Morgan fingerprint density at radius 1 is 1.03 bits per heavy atom. The summed E-state index contributed by atoms with van der Waals surface area (Å²) in [5.41, 5.74) is 7.72. The van der Waals surface area contributed by atoms with Crippen molar-refractivity contribution in [2.75, 3.05) is 7.11 Å². The number of aryl methyl sites for hydroxylation is 1. The number of fused-ring (bicyclic) bond motifs is 2. The fraction of sp³-hybridized carbons (Fsp3) is 0.250. The van der Waals surface area contributed by atoms with Crippen LogP contribution in [0.1, 0.15) is 70.2 Å². The molecule has 198 valence electrons. The molecule has 2 aliphatic rings. The fourth-order valence-electron chi connectivity index (χ4n) is 5.74. The van der Waals surface area contributed by atoms with Gasteiger partial charge in [-0.15, -0.1) is 0 Å². The van der Waals surface area contributed by atoms with Crippen molar-refractivity contribution in [1.29, 1.82) is 0 Å². The quantitative estimate of drug-likeness (QED) is 0.254. The fourth-order valence-corrected chi connectivity index (χ4v) is 6.23. The summed E-state index contributed by atoms with van der Waals surface area (Å²) in [7, 11) is 1.66. The van der Waals surface area contributed by atoms with Crippen molar-refractivity contribution in [3.8, 4) is 11.4 Å². The summed E-state index contributed by atoms with van der Waals surface area (Å²) < 4.78 is 7.18. The molecule has 0 aliphatic heterocycles. The van der Waals surface area contributed by atoms with Gasteiger partial charge in [0.05, 0.1) is 29.6 Å². The van der Waals surface area contributed by atoms with Gasteiger partial charge in [0.1, 0.15) is 5.75 Å². The molecule has 1 atom stereocenters. The second-order valence-electron chi connectivity index (χ2n) is 10.1. The lowest BCUT2D eigenvalue weighted by Gasteiger charge is -2.14. The zero-order chi connectivity index (χ0) is 26.9. The third-order valence-electron chi connectivity index (χ3n) is 7.66. The molecule has 0 spiro atoms. The number of methoxy groups -OCH3 is 1. The van der Waals surface area contributed by atoms with Crippen molar-refractivity contribution in [3.63, 3.8) is 0 Å². The lowest BCUT2D eigenvalue weighted by Crippen LogP contribution is -2.28. The molecule has 0 bridgehead atoms. The second kappa shape index (κ2) is 10.9. The van der Waals surface area contributed by atoms with Crippen LogP contribution in [0.5, 0.6) is 5.75 Å². The van der Waals surface area contributed by atoms with Gasteiger partial charge in [0, 0.05) is 10.6 Å². The van der Waals surface area contributed by atoms with Gasteiger partial charge >= 0.3 is 0 Å². The van der Waals surface area contributed by atoms with Crippen molar-refractivity contribution in [1.82, 2.24) is 15.1 Å². The molecule has 2 aliphatic carbocycles. The number of aromatic nitrogens is 2. The molecule has 39 heavy (non-hydrogen) atoms. The highest BCUT2D eigenvalue weighted by Gasteiger charge is 2.31. The SMILES string of the molecule is COc1ccc(/C=C2\CCCCc3c(C(=O)N[C@@H]4CCc5ccccc54)nn(-c4ccc(Cl)cc4Cl)c32)cc1. The lowest BCUT2D eigenvalue weighted by atomic mass is 10.0. The van der Waals surface area contributed by atoms with Crippen molar-refractivity contribution >= 4 is 40.8 Å². The van der Waals surface area contributed by atoms with Crippen molar-refractivity contribution in [2.24, 2.45) is 0 Å². The predicted molar refractivity (Wildman–Crippen MR) is 157 cm³/mol. The number of hydrogen-bond acceptors (Lipinski definition) is 3. The van der Waals surface area contributed by atoms with Gasteiger partial charge < -0.3 is 10.1 Å².